The molecule has 4 heteroatoms. The summed E-state index contributed by atoms with van der Waals surface area (Å²) in [7, 11) is 0. The molecule has 0 aromatic heterocycles. The highest BCUT2D eigenvalue weighted by molar-refractivity contribution is 5.59. The number of benzene rings is 1. The summed E-state index contributed by atoms with van der Waals surface area (Å²) in [4.78, 5) is 5.14. The highest BCUT2D eigenvalue weighted by Gasteiger charge is 2.15. The number of likely N-dealkylation sites (N-methyl/N-ethyl adjacent to an activating group) is 1. The van der Waals surface area contributed by atoms with Gasteiger partial charge in [-0.15, -0.1) is 0 Å². The second-order valence-electron chi connectivity index (χ2n) is 5.99. The summed E-state index contributed by atoms with van der Waals surface area (Å²) in [6, 6.07) is 6.57. The topological polar surface area (TPSA) is 27.7 Å². The number of hydrogen-bond donors (Lipinski definition) is 1. The summed E-state index contributed by atoms with van der Waals surface area (Å²) < 4.78 is 5.62. The van der Waals surface area contributed by atoms with Crippen LogP contribution >= 0.6 is 0 Å². The summed E-state index contributed by atoms with van der Waals surface area (Å²) in [6.45, 7) is 11.3. The fraction of sp³-hybridized carbons (Fsp3) is 0.647. The molecule has 0 amide bonds. The molecule has 4 nitrogen and oxygen atoms in total. The van der Waals surface area contributed by atoms with Crippen molar-refractivity contribution in [3.05, 3.63) is 23.8 Å². The van der Waals surface area contributed by atoms with Crippen molar-refractivity contribution in [2.45, 2.75) is 19.8 Å². The molecule has 0 radical (unpaired) electrons. The highest BCUT2D eigenvalue weighted by Crippen LogP contribution is 2.28. The van der Waals surface area contributed by atoms with Gasteiger partial charge in [-0.2, -0.15) is 0 Å². The highest BCUT2D eigenvalue weighted by atomic mass is 16.5. The van der Waals surface area contributed by atoms with E-state index in [0.717, 1.165) is 31.0 Å². The Bertz CT molecular complexity index is 455. The van der Waals surface area contributed by atoms with E-state index in [0.29, 0.717) is 0 Å². The number of hydrogen-bond acceptors (Lipinski definition) is 4. The zero-order chi connectivity index (χ0) is 14.5. The van der Waals surface area contributed by atoms with Gasteiger partial charge in [0.1, 0.15) is 12.4 Å². The lowest BCUT2D eigenvalue weighted by molar-refractivity contribution is 0.136. The van der Waals surface area contributed by atoms with Crippen LogP contribution in [0.15, 0.2) is 18.2 Å². The molecule has 1 aromatic carbocycles. The van der Waals surface area contributed by atoms with Gasteiger partial charge in [0.2, 0.25) is 0 Å². The Morgan fingerprint density at radius 1 is 1.14 bits per heavy atom. The Morgan fingerprint density at radius 2 is 1.95 bits per heavy atom. The largest absolute Gasteiger partial charge is 0.490 e. The molecule has 1 fully saturated rings. The SMILES string of the molecule is CCN1CCN(CCCc2ccc3c(c2)NCCO3)CC1. The number of fused-ring (bicyclic) bond motifs is 1. The van der Waals surface area contributed by atoms with Crippen molar-refractivity contribution >= 4 is 5.69 Å². The van der Waals surface area contributed by atoms with Crippen molar-refractivity contribution in [3.8, 4) is 5.75 Å². The normalized spacial score (nSPS) is 19.7. The van der Waals surface area contributed by atoms with Gasteiger partial charge < -0.3 is 19.9 Å². The lowest BCUT2D eigenvalue weighted by Crippen LogP contribution is -2.46. The van der Waals surface area contributed by atoms with E-state index in [2.05, 4.69) is 40.2 Å². The molecular formula is C17H27N3O. The zero-order valence-corrected chi connectivity index (χ0v) is 13.1. The summed E-state index contributed by atoms with van der Waals surface area (Å²) in [5, 5.41) is 3.41. The van der Waals surface area contributed by atoms with Crippen molar-refractivity contribution in [1.82, 2.24) is 9.80 Å². The fourth-order valence-corrected chi connectivity index (χ4v) is 3.18. The molecule has 0 aliphatic carbocycles. The van der Waals surface area contributed by atoms with Crippen molar-refractivity contribution < 1.29 is 4.74 Å². The third kappa shape index (κ3) is 3.89. The third-order valence-corrected chi connectivity index (χ3v) is 4.57. The number of ether oxygens (including phenoxy) is 1. The maximum atomic E-state index is 5.62. The third-order valence-electron chi connectivity index (χ3n) is 4.57. The van der Waals surface area contributed by atoms with E-state index >= 15 is 0 Å². The van der Waals surface area contributed by atoms with E-state index < -0.39 is 0 Å². The van der Waals surface area contributed by atoms with Gasteiger partial charge in [0.05, 0.1) is 5.69 Å². The van der Waals surface area contributed by atoms with Gasteiger partial charge >= 0.3 is 0 Å². The van der Waals surface area contributed by atoms with Crippen LogP contribution < -0.4 is 10.1 Å². The van der Waals surface area contributed by atoms with Crippen LogP contribution in [0.2, 0.25) is 0 Å². The first-order chi connectivity index (χ1) is 10.3. The van der Waals surface area contributed by atoms with Crippen molar-refractivity contribution in [2.75, 3.05) is 57.7 Å². The second kappa shape index (κ2) is 7.14. The molecule has 0 unspecified atom stereocenters. The fourth-order valence-electron chi connectivity index (χ4n) is 3.18. The standard InChI is InChI=1S/C17H27N3O/c1-2-19-9-11-20(12-10-19)8-3-4-15-5-6-17-16(14-15)18-7-13-21-17/h5-6,14,18H,2-4,7-13H2,1H3. The quantitative estimate of drug-likeness (QED) is 0.898. The number of nitrogens with one attached hydrogen (secondary N) is 1. The Kier molecular flexibility index (Phi) is 4.99. The predicted octanol–water partition coefficient (Wildman–Crippen LogP) is 2.06. The molecule has 21 heavy (non-hydrogen) atoms. The van der Waals surface area contributed by atoms with Crippen molar-refractivity contribution in [1.29, 1.82) is 0 Å². The van der Waals surface area contributed by atoms with Crippen molar-refractivity contribution in [2.24, 2.45) is 0 Å². The molecule has 1 N–H and O–H groups in total. The Morgan fingerprint density at radius 3 is 2.76 bits per heavy atom. The van der Waals surface area contributed by atoms with Gasteiger partial charge in [-0.1, -0.05) is 13.0 Å². The van der Waals surface area contributed by atoms with Crippen LogP contribution in [0, 0.1) is 0 Å². The minimum Gasteiger partial charge on any atom is -0.490 e. The van der Waals surface area contributed by atoms with Gasteiger partial charge in [-0.05, 0) is 43.6 Å². The first-order valence-corrected chi connectivity index (χ1v) is 8.29. The Balaban J connectivity index is 1.43. The molecule has 1 saturated heterocycles. The number of anilines is 1. The summed E-state index contributed by atoms with van der Waals surface area (Å²) in [5.41, 5.74) is 2.58. The van der Waals surface area contributed by atoms with Crippen LogP contribution in [-0.2, 0) is 6.42 Å². The van der Waals surface area contributed by atoms with Crippen LogP contribution in [-0.4, -0.2) is 62.2 Å². The molecule has 0 atom stereocenters. The first-order valence-electron chi connectivity index (χ1n) is 8.29. The molecular weight excluding hydrogens is 262 g/mol. The van der Waals surface area contributed by atoms with Gasteiger partial charge in [0.25, 0.3) is 0 Å². The van der Waals surface area contributed by atoms with E-state index in [-0.39, 0.29) is 0 Å². The molecule has 2 heterocycles. The zero-order valence-electron chi connectivity index (χ0n) is 13.1. The molecule has 1 aromatic rings. The predicted molar refractivity (Wildman–Crippen MR) is 87.3 cm³/mol. The van der Waals surface area contributed by atoms with E-state index in [1.54, 1.807) is 0 Å². The second-order valence-corrected chi connectivity index (χ2v) is 5.99. The molecule has 2 aliphatic heterocycles. The first kappa shape index (κ1) is 14.7. The number of piperazine rings is 1. The minimum absolute atomic E-state index is 0.774. The molecule has 2 aliphatic rings. The van der Waals surface area contributed by atoms with Crippen LogP contribution in [0.3, 0.4) is 0 Å². The molecule has 0 bridgehead atoms. The van der Waals surface area contributed by atoms with E-state index in [1.165, 1.54) is 51.3 Å². The molecule has 0 spiro atoms. The van der Waals surface area contributed by atoms with E-state index in [9.17, 15) is 0 Å². The Hall–Kier alpha value is -1.26. The maximum Gasteiger partial charge on any atom is 0.142 e. The van der Waals surface area contributed by atoms with E-state index in [4.69, 9.17) is 4.74 Å². The number of nitrogens with zero attached hydrogens (tertiary/aromatic N) is 2. The van der Waals surface area contributed by atoms with Gasteiger partial charge in [0, 0.05) is 32.7 Å². The maximum absolute atomic E-state index is 5.62. The van der Waals surface area contributed by atoms with E-state index in [1.807, 2.05) is 0 Å². The van der Waals surface area contributed by atoms with Gasteiger partial charge in [-0.3, -0.25) is 0 Å². The molecule has 116 valence electrons. The van der Waals surface area contributed by atoms with Crippen LogP contribution in [0.4, 0.5) is 5.69 Å². The number of rotatable bonds is 5. The smallest absolute Gasteiger partial charge is 0.142 e. The van der Waals surface area contributed by atoms with Gasteiger partial charge in [0.15, 0.2) is 0 Å². The Labute approximate surface area is 128 Å². The van der Waals surface area contributed by atoms with Crippen LogP contribution in [0.1, 0.15) is 18.9 Å². The van der Waals surface area contributed by atoms with Crippen LogP contribution in [0.25, 0.3) is 0 Å². The lowest BCUT2D eigenvalue weighted by atomic mass is 10.1. The summed E-state index contributed by atoms with van der Waals surface area (Å²) in [5.74, 6) is 1.00. The van der Waals surface area contributed by atoms with Crippen LogP contribution in [0.5, 0.6) is 5.75 Å². The minimum atomic E-state index is 0.774. The monoisotopic (exact) mass is 289 g/mol. The molecule has 0 saturated carbocycles. The summed E-state index contributed by atoms with van der Waals surface area (Å²) in [6.07, 6.45) is 2.40. The number of aryl methyl sites for hydroxylation is 1. The lowest BCUT2D eigenvalue weighted by Gasteiger charge is -2.34. The average Bonchev–Trinajstić information content (AvgIpc) is 2.55. The van der Waals surface area contributed by atoms with Gasteiger partial charge in [-0.25, -0.2) is 0 Å². The summed E-state index contributed by atoms with van der Waals surface area (Å²) >= 11 is 0. The van der Waals surface area contributed by atoms with Crippen molar-refractivity contribution in [3.63, 3.8) is 0 Å². The average molecular weight is 289 g/mol. The molecule has 3 rings (SSSR count).